The van der Waals surface area contributed by atoms with E-state index in [1.807, 2.05) is 0 Å². The third kappa shape index (κ3) is 4.60. The lowest BCUT2D eigenvalue weighted by Gasteiger charge is -2.22. The van der Waals surface area contributed by atoms with Gasteiger partial charge in [0.2, 0.25) is 0 Å². The fraction of sp³-hybridized carbons (Fsp3) is 0.300. The number of hydrogen-bond donors (Lipinski definition) is 2. The third-order valence-corrected chi connectivity index (χ3v) is 4.79. The minimum Gasteiger partial charge on any atom is -0.349 e. The van der Waals surface area contributed by atoms with E-state index in [0.29, 0.717) is 21.8 Å². The molecule has 4 nitrogen and oxygen atoms in total. The van der Waals surface area contributed by atoms with Gasteiger partial charge in [-0.25, -0.2) is 0 Å². The van der Waals surface area contributed by atoms with Crippen molar-refractivity contribution < 1.29 is 9.59 Å². The number of carbonyl (C=O) groups excluding carboxylic acids is 2. The van der Waals surface area contributed by atoms with Gasteiger partial charge in [0.1, 0.15) is 0 Å². The van der Waals surface area contributed by atoms with Crippen molar-refractivity contribution in [3.05, 3.63) is 64.7 Å². The first-order chi connectivity index (χ1) is 12.1. The zero-order valence-electron chi connectivity index (χ0n) is 13.9. The zero-order valence-corrected chi connectivity index (χ0v) is 14.7. The molecule has 1 aliphatic rings. The van der Waals surface area contributed by atoms with E-state index in [-0.39, 0.29) is 17.9 Å². The van der Waals surface area contributed by atoms with Gasteiger partial charge in [0.05, 0.1) is 10.6 Å². The van der Waals surface area contributed by atoms with Crippen molar-refractivity contribution in [2.75, 3.05) is 5.32 Å². The summed E-state index contributed by atoms with van der Waals surface area (Å²) in [5, 5.41) is 6.28. The monoisotopic (exact) mass is 356 g/mol. The van der Waals surface area contributed by atoms with Crippen LogP contribution in [0.15, 0.2) is 48.5 Å². The Balaban J connectivity index is 1.61. The molecule has 5 heteroatoms. The molecule has 0 spiro atoms. The molecule has 2 amide bonds. The summed E-state index contributed by atoms with van der Waals surface area (Å²) in [5.41, 5.74) is 1.64. The van der Waals surface area contributed by atoms with Crippen LogP contribution in [0.3, 0.4) is 0 Å². The van der Waals surface area contributed by atoms with E-state index in [2.05, 4.69) is 10.6 Å². The molecule has 130 valence electrons. The van der Waals surface area contributed by atoms with Gasteiger partial charge in [0.25, 0.3) is 11.8 Å². The van der Waals surface area contributed by atoms with Crippen LogP contribution in [0, 0.1) is 0 Å². The lowest BCUT2D eigenvalue weighted by molar-refractivity contribution is 0.0927. The minimum atomic E-state index is -0.273. The second kappa shape index (κ2) is 8.17. The van der Waals surface area contributed by atoms with Crippen molar-refractivity contribution >= 4 is 29.1 Å². The van der Waals surface area contributed by atoms with Crippen LogP contribution >= 0.6 is 11.6 Å². The largest absolute Gasteiger partial charge is 0.349 e. The molecule has 3 rings (SSSR count). The molecule has 0 heterocycles. The number of rotatable bonds is 4. The second-order valence-corrected chi connectivity index (χ2v) is 6.73. The molecule has 1 saturated carbocycles. The van der Waals surface area contributed by atoms with Gasteiger partial charge in [0, 0.05) is 17.3 Å². The fourth-order valence-corrected chi connectivity index (χ4v) is 3.29. The van der Waals surface area contributed by atoms with E-state index in [9.17, 15) is 9.59 Å². The maximum absolute atomic E-state index is 12.3. The summed E-state index contributed by atoms with van der Waals surface area (Å²) in [5.74, 6) is -0.333. The average Bonchev–Trinajstić information content (AvgIpc) is 2.63. The van der Waals surface area contributed by atoms with Gasteiger partial charge in [-0.15, -0.1) is 0 Å². The average molecular weight is 357 g/mol. The van der Waals surface area contributed by atoms with E-state index in [4.69, 9.17) is 11.6 Å². The third-order valence-electron chi connectivity index (χ3n) is 4.46. The number of carbonyl (C=O) groups is 2. The van der Waals surface area contributed by atoms with E-state index < -0.39 is 0 Å². The standard InChI is InChI=1S/C20H21ClN2O2/c21-18-9-5-4-8-17(18)20(25)23-16-12-10-14(11-13-16)19(24)22-15-6-2-1-3-7-15/h4-5,8-13,15H,1-3,6-7H2,(H,22,24)(H,23,25). The molecule has 0 saturated heterocycles. The molecule has 2 N–H and O–H groups in total. The highest BCUT2D eigenvalue weighted by Crippen LogP contribution is 2.19. The lowest BCUT2D eigenvalue weighted by atomic mass is 9.95. The van der Waals surface area contributed by atoms with Gasteiger partial charge in [-0.3, -0.25) is 9.59 Å². The predicted molar refractivity (Wildman–Crippen MR) is 100 cm³/mol. The Bertz CT molecular complexity index is 753. The molecule has 1 aliphatic carbocycles. The van der Waals surface area contributed by atoms with Crippen LogP contribution in [0.25, 0.3) is 0 Å². The molecule has 0 aromatic heterocycles. The first-order valence-corrected chi connectivity index (χ1v) is 8.98. The highest BCUT2D eigenvalue weighted by Gasteiger charge is 2.16. The van der Waals surface area contributed by atoms with Crippen LogP contribution in [-0.2, 0) is 0 Å². The Morgan fingerprint density at radius 3 is 2.24 bits per heavy atom. The van der Waals surface area contributed by atoms with Gasteiger partial charge in [-0.05, 0) is 49.2 Å². The molecule has 0 bridgehead atoms. The van der Waals surface area contributed by atoms with Gasteiger partial charge in [-0.1, -0.05) is 43.0 Å². The summed E-state index contributed by atoms with van der Waals surface area (Å²) < 4.78 is 0. The Kier molecular flexibility index (Phi) is 5.71. The summed E-state index contributed by atoms with van der Waals surface area (Å²) >= 11 is 6.03. The molecule has 0 radical (unpaired) electrons. The number of anilines is 1. The molecule has 2 aromatic carbocycles. The molecular formula is C20H21ClN2O2. The predicted octanol–water partition coefficient (Wildman–Crippen LogP) is 4.65. The highest BCUT2D eigenvalue weighted by molar-refractivity contribution is 6.34. The maximum Gasteiger partial charge on any atom is 0.257 e. The molecule has 0 unspecified atom stereocenters. The van der Waals surface area contributed by atoms with Crippen molar-refractivity contribution in [1.82, 2.24) is 5.32 Å². The first-order valence-electron chi connectivity index (χ1n) is 8.60. The summed E-state index contributed by atoms with van der Waals surface area (Å²) in [7, 11) is 0. The topological polar surface area (TPSA) is 58.2 Å². The van der Waals surface area contributed by atoms with E-state index in [0.717, 1.165) is 12.8 Å². The van der Waals surface area contributed by atoms with E-state index >= 15 is 0 Å². The van der Waals surface area contributed by atoms with E-state index in [1.165, 1.54) is 19.3 Å². The molecule has 0 atom stereocenters. The summed E-state index contributed by atoms with van der Waals surface area (Å²) in [4.78, 5) is 24.5. The molecule has 2 aromatic rings. The molecule has 0 aliphatic heterocycles. The van der Waals surface area contributed by atoms with Gasteiger partial charge >= 0.3 is 0 Å². The van der Waals surface area contributed by atoms with Crippen LogP contribution in [0.4, 0.5) is 5.69 Å². The second-order valence-electron chi connectivity index (χ2n) is 6.32. The summed E-state index contributed by atoms with van der Waals surface area (Å²) in [6.45, 7) is 0. The molecule has 25 heavy (non-hydrogen) atoms. The summed E-state index contributed by atoms with van der Waals surface area (Å²) in [6, 6.07) is 14.1. The smallest absolute Gasteiger partial charge is 0.257 e. The Labute approximate surface area is 152 Å². The van der Waals surface area contributed by atoms with Crippen molar-refractivity contribution in [2.45, 2.75) is 38.1 Å². The zero-order chi connectivity index (χ0) is 17.6. The van der Waals surface area contributed by atoms with Crippen molar-refractivity contribution in [3.63, 3.8) is 0 Å². The van der Waals surface area contributed by atoms with Crippen LogP contribution in [0.1, 0.15) is 52.8 Å². The van der Waals surface area contributed by atoms with Crippen LogP contribution < -0.4 is 10.6 Å². The quantitative estimate of drug-likeness (QED) is 0.837. The highest BCUT2D eigenvalue weighted by atomic mass is 35.5. The number of halogens is 1. The number of amides is 2. The minimum absolute atomic E-state index is 0.0594. The maximum atomic E-state index is 12.3. The SMILES string of the molecule is O=C(NC1CCCCC1)c1ccc(NC(=O)c2ccccc2Cl)cc1. The van der Waals surface area contributed by atoms with Crippen molar-refractivity contribution in [2.24, 2.45) is 0 Å². The lowest BCUT2D eigenvalue weighted by Crippen LogP contribution is -2.36. The first kappa shape index (κ1) is 17.5. The number of hydrogen-bond acceptors (Lipinski definition) is 2. The summed E-state index contributed by atoms with van der Waals surface area (Å²) in [6.07, 6.45) is 5.72. The molecule has 1 fully saturated rings. The normalized spacial score (nSPS) is 14.8. The van der Waals surface area contributed by atoms with Crippen molar-refractivity contribution in [1.29, 1.82) is 0 Å². The Hall–Kier alpha value is -2.33. The Morgan fingerprint density at radius 1 is 0.880 bits per heavy atom. The van der Waals surface area contributed by atoms with E-state index in [1.54, 1.807) is 48.5 Å². The van der Waals surface area contributed by atoms with Gasteiger partial charge in [-0.2, -0.15) is 0 Å². The van der Waals surface area contributed by atoms with Crippen LogP contribution in [-0.4, -0.2) is 17.9 Å². The number of nitrogens with one attached hydrogen (secondary N) is 2. The van der Waals surface area contributed by atoms with Crippen molar-refractivity contribution in [3.8, 4) is 0 Å². The Morgan fingerprint density at radius 2 is 1.56 bits per heavy atom. The molecular weight excluding hydrogens is 336 g/mol. The van der Waals surface area contributed by atoms with Crippen LogP contribution in [0.5, 0.6) is 0 Å². The van der Waals surface area contributed by atoms with Crippen LogP contribution in [0.2, 0.25) is 5.02 Å². The van der Waals surface area contributed by atoms with Gasteiger partial charge in [0.15, 0.2) is 0 Å². The number of benzene rings is 2. The fourth-order valence-electron chi connectivity index (χ4n) is 3.06. The van der Waals surface area contributed by atoms with Gasteiger partial charge < -0.3 is 10.6 Å².